The van der Waals surface area contributed by atoms with Crippen molar-refractivity contribution in [3.8, 4) is 0 Å². The van der Waals surface area contributed by atoms with Crippen molar-refractivity contribution in [1.82, 2.24) is 14.3 Å². The van der Waals surface area contributed by atoms with Gasteiger partial charge in [0.15, 0.2) is 4.80 Å². The molecule has 2 aromatic heterocycles. The molecular weight excluding hydrogens is 446 g/mol. The van der Waals surface area contributed by atoms with Crippen LogP contribution in [0.1, 0.15) is 29.8 Å². The molecule has 2 aromatic carbocycles. The number of carbonyl (C=O) groups is 1. The van der Waals surface area contributed by atoms with Crippen LogP contribution < -0.4 is 20.2 Å². The van der Waals surface area contributed by atoms with E-state index in [-0.39, 0.29) is 11.5 Å². The molecule has 1 atom stereocenters. The van der Waals surface area contributed by atoms with Crippen molar-refractivity contribution in [1.29, 1.82) is 0 Å². The van der Waals surface area contributed by atoms with Gasteiger partial charge in [-0.15, -0.1) is 0 Å². The molecule has 170 valence electrons. The first kappa shape index (κ1) is 21.8. The van der Waals surface area contributed by atoms with Crippen molar-refractivity contribution in [2.45, 2.75) is 19.9 Å². The van der Waals surface area contributed by atoms with E-state index in [0.29, 0.717) is 26.3 Å². The fraction of sp³-hybridized carbons (Fsp3) is 0.154. The molecule has 1 aliphatic rings. The normalized spacial score (nSPS) is 15.7. The van der Waals surface area contributed by atoms with Gasteiger partial charge in [-0.05, 0) is 37.6 Å². The van der Waals surface area contributed by atoms with Gasteiger partial charge in [0.1, 0.15) is 6.04 Å². The summed E-state index contributed by atoms with van der Waals surface area (Å²) in [6.07, 6.45) is 3.59. The number of thiazole rings is 1. The Hall–Kier alpha value is -4.04. The average molecular weight is 470 g/mol. The Morgan fingerprint density at radius 1 is 1.06 bits per heavy atom. The van der Waals surface area contributed by atoms with Crippen molar-refractivity contribution < 1.29 is 4.79 Å². The first-order chi connectivity index (χ1) is 16.4. The van der Waals surface area contributed by atoms with Crippen molar-refractivity contribution in [3.63, 3.8) is 0 Å². The van der Waals surface area contributed by atoms with E-state index in [0.717, 1.165) is 16.8 Å². The van der Waals surface area contributed by atoms with Crippen molar-refractivity contribution >= 4 is 29.0 Å². The Labute approximate surface area is 200 Å². The molecule has 1 amide bonds. The van der Waals surface area contributed by atoms with E-state index in [2.05, 4.69) is 15.4 Å². The zero-order valence-electron chi connectivity index (χ0n) is 19.0. The lowest BCUT2D eigenvalue weighted by atomic mass is 9.95. The molecule has 7 nitrogen and oxygen atoms in total. The Kier molecular flexibility index (Phi) is 5.59. The molecule has 0 saturated heterocycles. The number of hydrogen-bond acceptors (Lipinski definition) is 5. The summed E-state index contributed by atoms with van der Waals surface area (Å²) in [7, 11) is 1.85. The van der Waals surface area contributed by atoms with Gasteiger partial charge in [-0.2, -0.15) is 5.10 Å². The summed E-state index contributed by atoms with van der Waals surface area (Å²) < 4.78 is 3.93. The highest BCUT2D eigenvalue weighted by molar-refractivity contribution is 7.07. The summed E-state index contributed by atoms with van der Waals surface area (Å²) in [5, 5.41) is 7.34. The molecular formula is C26H23N5O2S. The van der Waals surface area contributed by atoms with E-state index < -0.39 is 6.04 Å². The van der Waals surface area contributed by atoms with Gasteiger partial charge in [0, 0.05) is 24.0 Å². The summed E-state index contributed by atoms with van der Waals surface area (Å²) in [5.41, 5.74) is 4.10. The molecule has 0 fully saturated rings. The lowest BCUT2D eigenvalue weighted by molar-refractivity contribution is -0.113. The van der Waals surface area contributed by atoms with Crippen molar-refractivity contribution in [2.24, 2.45) is 12.0 Å². The third-order valence-electron chi connectivity index (χ3n) is 5.96. The number of fused-ring (bicyclic) bond motifs is 1. The van der Waals surface area contributed by atoms with Crippen molar-refractivity contribution in [2.75, 3.05) is 5.32 Å². The number of carbonyl (C=O) groups excluding carboxylic acids is 1. The van der Waals surface area contributed by atoms with Crippen LogP contribution in [0, 0.1) is 6.92 Å². The molecule has 4 aromatic rings. The van der Waals surface area contributed by atoms with Gasteiger partial charge in [0.25, 0.3) is 11.5 Å². The zero-order chi connectivity index (χ0) is 23.8. The van der Waals surface area contributed by atoms with Crippen LogP contribution in [0.2, 0.25) is 0 Å². The summed E-state index contributed by atoms with van der Waals surface area (Å²) in [5.74, 6) is -0.293. The maximum absolute atomic E-state index is 13.7. The smallest absolute Gasteiger partial charge is 0.271 e. The number of allylic oxidation sites excluding steroid dienone is 1. The molecule has 1 unspecified atom stereocenters. The molecule has 8 heteroatoms. The van der Waals surface area contributed by atoms with Crippen LogP contribution >= 0.6 is 11.3 Å². The monoisotopic (exact) mass is 469 g/mol. The molecule has 1 aliphatic heterocycles. The minimum atomic E-state index is -0.633. The van der Waals surface area contributed by atoms with Crippen molar-refractivity contribution in [3.05, 3.63) is 115 Å². The maximum Gasteiger partial charge on any atom is 0.271 e. The van der Waals surface area contributed by atoms with E-state index >= 15 is 0 Å². The maximum atomic E-state index is 13.7. The SMILES string of the molecule is CC1=C(C(=O)Nc2ccccc2)C(c2cnn(C)c2C)n2c(sc(=Cc3ccccc3)c2=O)=N1. The predicted octanol–water partition coefficient (Wildman–Crippen LogP) is 2.92. The third kappa shape index (κ3) is 3.82. The van der Waals surface area contributed by atoms with E-state index in [9.17, 15) is 9.59 Å². The number of nitrogens with zero attached hydrogens (tertiary/aromatic N) is 4. The first-order valence-electron chi connectivity index (χ1n) is 10.9. The molecule has 5 rings (SSSR count). The number of aromatic nitrogens is 3. The number of para-hydroxylation sites is 1. The van der Waals surface area contributed by atoms with E-state index in [1.165, 1.54) is 11.3 Å². The van der Waals surface area contributed by atoms with Gasteiger partial charge in [0.05, 0.1) is 22.0 Å². The number of nitrogens with one attached hydrogen (secondary N) is 1. The standard InChI is InChI=1S/C26H23N5O2S/c1-16-22(24(32)29-19-12-8-5-9-13-19)23(20-15-27-30(3)17(20)2)31-25(33)21(34-26(31)28-16)14-18-10-6-4-7-11-18/h4-15,23H,1-3H3,(H,29,32). The minimum absolute atomic E-state index is 0.182. The summed E-state index contributed by atoms with van der Waals surface area (Å²) in [4.78, 5) is 32.4. The second-order valence-corrected chi connectivity index (χ2v) is 9.13. The summed E-state index contributed by atoms with van der Waals surface area (Å²) in [6.45, 7) is 3.75. The summed E-state index contributed by atoms with van der Waals surface area (Å²) in [6, 6.07) is 18.3. The number of anilines is 1. The second kappa shape index (κ2) is 8.72. The van der Waals surface area contributed by atoms with Crippen LogP contribution in [0.4, 0.5) is 5.69 Å². The fourth-order valence-corrected chi connectivity index (χ4v) is 5.16. The largest absolute Gasteiger partial charge is 0.322 e. The highest BCUT2D eigenvalue weighted by Gasteiger charge is 2.34. The topological polar surface area (TPSA) is 81.3 Å². The van der Waals surface area contributed by atoms with Crippen LogP contribution in [0.15, 0.2) is 87.9 Å². The molecule has 0 bridgehead atoms. The van der Waals surface area contributed by atoms with Gasteiger partial charge in [-0.3, -0.25) is 18.8 Å². The molecule has 0 spiro atoms. The van der Waals surface area contributed by atoms with Gasteiger partial charge >= 0.3 is 0 Å². The van der Waals surface area contributed by atoms with E-state index in [1.54, 1.807) is 15.4 Å². The Morgan fingerprint density at radius 2 is 1.74 bits per heavy atom. The van der Waals surface area contributed by atoms with Gasteiger partial charge in [-0.25, -0.2) is 4.99 Å². The molecule has 0 saturated carbocycles. The van der Waals surface area contributed by atoms with Crippen LogP contribution in [0.3, 0.4) is 0 Å². The predicted molar refractivity (Wildman–Crippen MR) is 133 cm³/mol. The van der Waals surface area contributed by atoms with Crippen LogP contribution in [0.5, 0.6) is 0 Å². The highest BCUT2D eigenvalue weighted by Crippen LogP contribution is 2.32. The quantitative estimate of drug-likeness (QED) is 0.499. The zero-order valence-corrected chi connectivity index (χ0v) is 19.8. The molecule has 3 heterocycles. The Morgan fingerprint density at radius 3 is 2.38 bits per heavy atom. The number of hydrogen-bond donors (Lipinski definition) is 1. The average Bonchev–Trinajstić information content (AvgIpc) is 3.32. The fourth-order valence-electron chi connectivity index (χ4n) is 4.11. The summed E-state index contributed by atoms with van der Waals surface area (Å²) >= 11 is 1.32. The van der Waals surface area contributed by atoms with Gasteiger partial charge in [0.2, 0.25) is 0 Å². The third-order valence-corrected chi connectivity index (χ3v) is 6.95. The Bertz CT molecular complexity index is 1590. The molecule has 1 N–H and O–H groups in total. The molecule has 0 aliphatic carbocycles. The van der Waals surface area contributed by atoms with E-state index in [4.69, 9.17) is 0 Å². The van der Waals surface area contributed by atoms with Crippen LogP contribution in [-0.2, 0) is 11.8 Å². The van der Waals surface area contributed by atoms with Gasteiger partial charge in [-0.1, -0.05) is 59.9 Å². The lowest BCUT2D eigenvalue weighted by Crippen LogP contribution is -2.40. The number of rotatable bonds is 4. The van der Waals surface area contributed by atoms with Crippen LogP contribution in [0.25, 0.3) is 6.08 Å². The number of amides is 1. The first-order valence-corrected chi connectivity index (χ1v) is 11.7. The van der Waals surface area contributed by atoms with Gasteiger partial charge < -0.3 is 5.32 Å². The highest BCUT2D eigenvalue weighted by atomic mass is 32.1. The minimum Gasteiger partial charge on any atom is -0.322 e. The Balaban J connectivity index is 1.70. The number of aryl methyl sites for hydroxylation is 1. The second-order valence-electron chi connectivity index (χ2n) is 8.12. The number of benzene rings is 2. The van der Waals surface area contributed by atoms with Crippen LogP contribution in [-0.4, -0.2) is 20.3 Å². The lowest BCUT2D eigenvalue weighted by Gasteiger charge is -2.25. The van der Waals surface area contributed by atoms with E-state index in [1.807, 2.05) is 87.6 Å². The molecule has 34 heavy (non-hydrogen) atoms. The molecule has 0 radical (unpaired) electrons.